The smallest absolute Gasteiger partial charge is 0.0480 e. The lowest BCUT2D eigenvalue weighted by molar-refractivity contribution is 0.477. The van der Waals surface area contributed by atoms with Crippen LogP contribution in [-0.2, 0) is 13.0 Å². The number of hydrogen-bond donors (Lipinski definition) is 1. The lowest BCUT2D eigenvalue weighted by atomic mass is 10.1. The number of nitrogens with zero attached hydrogens (tertiary/aromatic N) is 1. The van der Waals surface area contributed by atoms with Crippen LogP contribution in [0.2, 0.25) is 0 Å². The van der Waals surface area contributed by atoms with Gasteiger partial charge in [-0.3, -0.25) is 0 Å². The molecule has 1 atom stereocenters. The minimum Gasteiger partial charge on any atom is -0.347 e. The van der Waals surface area contributed by atoms with Crippen LogP contribution in [-0.4, -0.2) is 11.1 Å². The van der Waals surface area contributed by atoms with E-state index < -0.39 is 0 Å². The van der Waals surface area contributed by atoms with Crippen molar-refractivity contribution in [2.75, 3.05) is 6.54 Å². The monoisotopic (exact) mass is 230 g/mol. The summed E-state index contributed by atoms with van der Waals surface area (Å²) in [5.74, 6) is 0.731. The molecule has 2 N–H and O–H groups in total. The van der Waals surface area contributed by atoms with Crippen LogP contribution < -0.4 is 5.73 Å². The summed E-state index contributed by atoms with van der Waals surface area (Å²) in [5, 5.41) is 1.33. The molecule has 2 rings (SSSR count). The van der Waals surface area contributed by atoms with Crippen LogP contribution in [0.15, 0.2) is 30.5 Å². The Bertz CT molecular complexity index is 485. The number of fused-ring (bicyclic) bond motifs is 1. The first-order valence-electron chi connectivity index (χ1n) is 6.52. The number of rotatable bonds is 5. The van der Waals surface area contributed by atoms with Gasteiger partial charge in [-0.2, -0.15) is 0 Å². The van der Waals surface area contributed by atoms with Crippen LogP contribution in [0.3, 0.4) is 0 Å². The van der Waals surface area contributed by atoms with Gasteiger partial charge < -0.3 is 10.3 Å². The van der Waals surface area contributed by atoms with Crippen LogP contribution in [0.5, 0.6) is 0 Å². The van der Waals surface area contributed by atoms with Crippen molar-refractivity contribution in [2.24, 2.45) is 11.7 Å². The molecule has 1 aromatic heterocycles. The fourth-order valence-electron chi connectivity index (χ4n) is 2.20. The van der Waals surface area contributed by atoms with E-state index in [1.165, 1.54) is 22.9 Å². The number of nitrogens with two attached hydrogens (primary N) is 1. The Morgan fingerprint density at radius 2 is 2.12 bits per heavy atom. The van der Waals surface area contributed by atoms with Crippen molar-refractivity contribution in [3.05, 3.63) is 36.0 Å². The van der Waals surface area contributed by atoms with E-state index in [1.807, 2.05) is 0 Å². The molecule has 2 nitrogen and oxygen atoms in total. The molecule has 0 aliphatic rings. The van der Waals surface area contributed by atoms with Crippen molar-refractivity contribution in [1.29, 1.82) is 0 Å². The highest BCUT2D eigenvalue weighted by Gasteiger charge is 2.05. The van der Waals surface area contributed by atoms with Gasteiger partial charge in [0, 0.05) is 18.3 Å². The molecule has 0 radical (unpaired) electrons. The molecular weight excluding hydrogens is 208 g/mol. The average molecular weight is 230 g/mol. The summed E-state index contributed by atoms with van der Waals surface area (Å²) in [4.78, 5) is 0. The molecule has 2 aromatic rings. The molecule has 0 bridgehead atoms. The summed E-state index contributed by atoms with van der Waals surface area (Å²) in [5.41, 5.74) is 8.26. The zero-order chi connectivity index (χ0) is 12.3. The minimum absolute atomic E-state index is 0.721. The van der Waals surface area contributed by atoms with Gasteiger partial charge in [-0.15, -0.1) is 0 Å². The second-order valence-corrected chi connectivity index (χ2v) is 4.91. The van der Waals surface area contributed by atoms with E-state index in [0.717, 1.165) is 25.4 Å². The molecule has 1 aromatic carbocycles. The third kappa shape index (κ3) is 2.70. The van der Waals surface area contributed by atoms with Crippen molar-refractivity contribution >= 4 is 10.9 Å². The van der Waals surface area contributed by atoms with Crippen molar-refractivity contribution in [2.45, 2.75) is 33.2 Å². The maximum atomic E-state index is 5.59. The highest BCUT2D eigenvalue weighted by atomic mass is 15.0. The summed E-state index contributed by atoms with van der Waals surface area (Å²) >= 11 is 0. The quantitative estimate of drug-likeness (QED) is 0.840. The molecule has 0 amide bonds. The first-order chi connectivity index (χ1) is 8.24. The van der Waals surface area contributed by atoms with Crippen LogP contribution >= 0.6 is 0 Å². The summed E-state index contributed by atoms with van der Waals surface area (Å²) in [6.45, 7) is 6.37. The second-order valence-electron chi connectivity index (χ2n) is 4.91. The van der Waals surface area contributed by atoms with Gasteiger partial charge in [-0.1, -0.05) is 26.3 Å². The third-order valence-corrected chi connectivity index (χ3v) is 3.47. The predicted molar refractivity (Wildman–Crippen MR) is 74.2 cm³/mol. The fourth-order valence-corrected chi connectivity index (χ4v) is 2.20. The minimum atomic E-state index is 0.721. The van der Waals surface area contributed by atoms with Crippen molar-refractivity contribution in [3.63, 3.8) is 0 Å². The molecule has 0 spiro atoms. The highest BCUT2D eigenvalue weighted by Crippen LogP contribution is 2.19. The summed E-state index contributed by atoms with van der Waals surface area (Å²) < 4.78 is 2.36. The van der Waals surface area contributed by atoms with E-state index >= 15 is 0 Å². The van der Waals surface area contributed by atoms with E-state index in [1.54, 1.807) is 0 Å². The SMILES string of the molecule is CCC(C)Cn1ccc2cc(CCN)ccc21. The van der Waals surface area contributed by atoms with E-state index in [2.05, 4.69) is 48.9 Å². The third-order valence-electron chi connectivity index (χ3n) is 3.47. The molecule has 92 valence electrons. The molecular formula is C15H22N2. The summed E-state index contributed by atoms with van der Waals surface area (Å²) in [7, 11) is 0. The molecule has 1 heterocycles. The molecule has 2 heteroatoms. The molecule has 17 heavy (non-hydrogen) atoms. The van der Waals surface area contributed by atoms with Gasteiger partial charge in [0.2, 0.25) is 0 Å². The Balaban J connectivity index is 2.28. The maximum absolute atomic E-state index is 5.59. The number of aromatic nitrogens is 1. The maximum Gasteiger partial charge on any atom is 0.0480 e. The Kier molecular flexibility index (Phi) is 3.85. The molecule has 0 saturated carbocycles. The van der Waals surface area contributed by atoms with E-state index in [9.17, 15) is 0 Å². The van der Waals surface area contributed by atoms with Crippen LogP contribution in [0.4, 0.5) is 0 Å². The van der Waals surface area contributed by atoms with Crippen LogP contribution in [0, 0.1) is 5.92 Å². The van der Waals surface area contributed by atoms with E-state index in [-0.39, 0.29) is 0 Å². The molecule has 0 aliphatic heterocycles. The van der Waals surface area contributed by atoms with Gasteiger partial charge in [0.05, 0.1) is 0 Å². The topological polar surface area (TPSA) is 30.9 Å². The average Bonchev–Trinajstić information content (AvgIpc) is 2.72. The first-order valence-corrected chi connectivity index (χ1v) is 6.52. The van der Waals surface area contributed by atoms with Gasteiger partial charge in [-0.05, 0) is 48.0 Å². The van der Waals surface area contributed by atoms with E-state index in [0.29, 0.717) is 0 Å². The Hall–Kier alpha value is -1.28. The van der Waals surface area contributed by atoms with Gasteiger partial charge >= 0.3 is 0 Å². The zero-order valence-corrected chi connectivity index (χ0v) is 10.8. The predicted octanol–water partition coefficient (Wildman–Crippen LogP) is 3.19. The summed E-state index contributed by atoms with van der Waals surface area (Å²) in [6.07, 6.45) is 4.39. The van der Waals surface area contributed by atoms with Crippen molar-refractivity contribution < 1.29 is 0 Å². The number of hydrogen-bond acceptors (Lipinski definition) is 1. The largest absolute Gasteiger partial charge is 0.347 e. The fraction of sp³-hybridized carbons (Fsp3) is 0.467. The highest BCUT2D eigenvalue weighted by molar-refractivity contribution is 5.80. The van der Waals surface area contributed by atoms with E-state index in [4.69, 9.17) is 5.73 Å². The molecule has 0 aliphatic carbocycles. The van der Waals surface area contributed by atoms with Gasteiger partial charge in [0.1, 0.15) is 0 Å². The Morgan fingerprint density at radius 3 is 2.82 bits per heavy atom. The van der Waals surface area contributed by atoms with Gasteiger partial charge in [0.25, 0.3) is 0 Å². The lowest BCUT2D eigenvalue weighted by Gasteiger charge is -2.11. The lowest BCUT2D eigenvalue weighted by Crippen LogP contribution is -2.05. The first kappa shape index (κ1) is 12.2. The van der Waals surface area contributed by atoms with Crippen molar-refractivity contribution in [3.8, 4) is 0 Å². The molecule has 0 fully saturated rings. The molecule has 0 saturated heterocycles. The second kappa shape index (κ2) is 5.37. The van der Waals surface area contributed by atoms with Crippen LogP contribution in [0.1, 0.15) is 25.8 Å². The van der Waals surface area contributed by atoms with Crippen LogP contribution in [0.25, 0.3) is 10.9 Å². The Morgan fingerprint density at radius 1 is 1.29 bits per heavy atom. The standard InChI is InChI=1S/C15H22N2/c1-3-12(2)11-17-9-7-14-10-13(6-8-16)4-5-15(14)17/h4-5,7,9-10,12H,3,6,8,11,16H2,1-2H3. The van der Waals surface area contributed by atoms with Gasteiger partial charge in [-0.25, -0.2) is 0 Å². The zero-order valence-electron chi connectivity index (χ0n) is 10.8. The van der Waals surface area contributed by atoms with Gasteiger partial charge in [0.15, 0.2) is 0 Å². The van der Waals surface area contributed by atoms with Crippen molar-refractivity contribution in [1.82, 2.24) is 4.57 Å². The normalized spacial score (nSPS) is 13.1. The Labute approximate surface area is 103 Å². The molecule has 1 unspecified atom stereocenters. The number of benzene rings is 1. The summed E-state index contributed by atoms with van der Waals surface area (Å²) in [6, 6.07) is 8.89.